The van der Waals surface area contributed by atoms with Gasteiger partial charge in [0.1, 0.15) is 11.6 Å². The van der Waals surface area contributed by atoms with E-state index in [0.717, 1.165) is 62.6 Å². The van der Waals surface area contributed by atoms with Crippen molar-refractivity contribution in [2.24, 2.45) is 0 Å². The number of halogens is 2. The number of hydrogen-bond acceptors (Lipinski definition) is 5. The zero-order valence-corrected chi connectivity index (χ0v) is 19.6. The van der Waals surface area contributed by atoms with E-state index in [1.165, 1.54) is 18.2 Å². The van der Waals surface area contributed by atoms with E-state index < -0.39 is 0 Å². The molecule has 0 radical (unpaired) electrons. The molecule has 3 aliphatic heterocycles. The number of carbonyl (C=O) groups excluding carboxylic acids is 1. The van der Waals surface area contributed by atoms with Gasteiger partial charge in [-0.05, 0) is 61.4 Å². The highest BCUT2D eigenvalue weighted by atomic mass is 19.1. The molecule has 3 heterocycles. The number of piperazine rings is 1. The average Bonchev–Trinajstić information content (AvgIpc) is 3.16. The Kier molecular flexibility index (Phi) is 6.70. The summed E-state index contributed by atoms with van der Waals surface area (Å²) in [5, 5.41) is 0. The van der Waals surface area contributed by atoms with Gasteiger partial charge in [-0.2, -0.15) is 0 Å². The molecule has 2 aromatic carbocycles. The number of amides is 1. The third kappa shape index (κ3) is 4.61. The molecule has 2 atom stereocenters. The molecule has 6 nitrogen and oxygen atoms in total. The third-order valence-corrected chi connectivity index (χ3v) is 7.38. The highest BCUT2D eigenvalue weighted by Gasteiger charge is 2.42. The van der Waals surface area contributed by atoms with Crippen molar-refractivity contribution in [1.82, 2.24) is 14.7 Å². The minimum Gasteiger partial charge on any atom is -0.450 e. The van der Waals surface area contributed by atoms with Gasteiger partial charge < -0.3 is 19.4 Å². The van der Waals surface area contributed by atoms with Crippen LogP contribution < -0.4 is 4.90 Å². The predicted octanol–water partition coefficient (Wildman–Crippen LogP) is 4.05. The first-order chi connectivity index (χ1) is 16.5. The molecule has 8 heteroatoms. The van der Waals surface area contributed by atoms with E-state index in [0.29, 0.717) is 19.7 Å². The molecular formula is C26H32F2N4O2. The van der Waals surface area contributed by atoms with Crippen molar-refractivity contribution in [3.8, 4) is 0 Å². The number of fused-ring (bicyclic) bond motifs is 3. The van der Waals surface area contributed by atoms with Crippen LogP contribution in [-0.4, -0.2) is 85.8 Å². The molecule has 0 saturated carbocycles. The van der Waals surface area contributed by atoms with Crippen LogP contribution in [0.25, 0.3) is 0 Å². The van der Waals surface area contributed by atoms with Crippen LogP contribution in [0.5, 0.6) is 0 Å². The molecule has 0 aromatic heterocycles. The number of benzene rings is 2. The molecule has 34 heavy (non-hydrogen) atoms. The van der Waals surface area contributed by atoms with Crippen LogP contribution in [0.2, 0.25) is 0 Å². The molecule has 0 aliphatic carbocycles. The molecule has 182 valence electrons. The molecule has 0 N–H and O–H groups in total. The lowest BCUT2D eigenvalue weighted by molar-refractivity contribution is 0.0745. The van der Waals surface area contributed by atoms with Crippen LogP contribution >= 0.6 is 0 Å². The van der Waals surface area contributed by atoms with Gasteiger partial charge in [0.15, 0.2) is 0 Å². The Morgan fingerprint density at radius 3 is 2.38 bits per heavy atom. The van der Waals surface area contributed by atoms with E-state index in [-0.39, 0.29) is 29.7 Å². The summed E-state index contributed by atoms with van der Waals surface area (Å²) in [6.45, 7) is 9.08. The summed E-state index contributed by atoms with van der Waals surface area (Å²) in [7, 11) is 0. The first kappa shape index (κ1) is 23.1. The van der Waals surface area contributed by atoms with Crippen LogP contribution in [0, 0.1) is 11.6 Å². The molecule has 3 aliphatic rings. The molecule has 0 bridgehead atoms. The lowest BCUT2D eigenvalue weighted by Crippen LogP contribution is -2.51. The summed E-state index contributed by atoms with van der Waals surface area (Å²) in [6.07, 6.45) is 0.747. The highest BCUT2D eigenvalue weighted by molar-refractivity contribution is 5.73. The summed E-state index contributed by atoms with van der Waals surface area (Å²) in [5.41, 5.74) is 3.02. The number of nitrogens with zero attached hydrogens (tertiary/aromatic N) is 4. The fourth-order valence-corrected chi connectivity index (χ4v) is 5.63. The molecule has 2 fully saturated rings. The Morgan fingerprint density at radius 2 is 1.65 bits per heavy atom. The summed E-state index contributed by atoms with van der Waals surface area (Å²) < 4.78 is 32.8. The summed E-state index contributed by atoms with van der Waals surface area (Å²) in [6, 6.07) is 11.9. The van der Waals surface area contributed by atoms with E-state index in [1.54, 1.807) is 11.0 Å². The second kappa shape index (κ2) is 9.88. The van der Waals surface area contributed by atoms with Crippen LogP contribution in [-0.2, 0) is 4.74 Å². The van der Waals surface area contributed by atoms with Crippen LogP contribution in [0.15, 0.2) is 42.5 Å². The zero-order valence-electron chi connectivity index (χ0n) is 19.6. The Balaban J connectivity index is 1.22. The fourth-order valence-electron chi connectivity index (χ4n) is 5.63. The van der Waals surface area contributed by atoms with Crippen molar-refractivity contribution in [3.05, 3.63) is 59.7 Å². The average molecular weight is 471 g/mol. The Hall–Kier alpha value is -2.71. The lowest BCUT2D eigenvalue weighted by atomic mass is 9.89. The maximum absolute atomic E-state index is 14.2. The van der Waals surface area contributed by atoms with E-state index in [4.69, 9.17) is 4.74 Å². The van der Waals surface area contributed by atoms with Gasteiger partial charge in [-0.1, -0.05) is 0 Å². The number of piperidine rings is 1. The summed E-state index contributed by atoms with van der Waals surface area (Å²) >= 11 is 0. The monoisotopic (exact) mass is 470 g/mol. The zero-order chi connectivity index (χ0) is 23.7. The Bertz CT molecular complexity index is 1010. The van der Waals surface area contributed by atoms with Gasteiger partial charge in [-0.25, -0.2) is 13.6 Å². The van der Waals surface area contributed by atoms with Crippen LogP contribution in [0.4, 0.5) is 25.0 Å². The topological polar surface area (TPSA) is 39.3 Å². The number of ether oxygens (including phenoxy) is 1. The number of anilines is 2. The van der Waals surface area contributed by atoms with E-state index in [1.807, 2.05) is 25.1 Å². The van der Waals surface area contributed by atoms with Crippen LogP contribution in [0.3, 0.4) is 0 Å². The Labute approximate surface area is 199 Å². The second-order valence-electron chi connectivity index (χ2n) is 9.34. The predicted molar refractivity (Wildman–Crippen MR) is 128 cm³/mol. The minimum atomic E-state index is -0.253. The van der Waals surface area contributed by atoms with Gasteiger partial charge in [-0.3, -0.25) is 4.90 Å². The van der Waals surface area contributed by atoms with E-state index >= 15 is 0 Å². The van der Waals surface area contributed by atoms with Crippen molar-refractivity contribution in [1.29, 1.82) is 0 Å². The molecule has 2 saturated heterocycles. The Morgan fingerprint density at radius 1 is 0.941 bits per heavy atom. The van der Waals surface area contributed by atoms with Crippen molar-refractivity contribution in [3.63, 3.8) is 0 Å². The number of carbonyl (C=O) groups is 1. The van der Waals surface area contributed by atoms with Gasteiger partial charge in [0, 0.05) is 75.7 Å². The fraction of sp³-hybridized carbons (Fsp3) is 0.500. The highest BCUT2D eigenvalue weighted by Crippen LogP contribution is 2.48. The molecule has 0 spiro atoms. The molecular weight excluding hydrogens is 438 g/mol. The van der Waals surface area contributed by atoms with Gasteiger partial charge in [0.2, 0.25) is 0 Å². The largest absolute Gasteiger partial charge is 0.450 e. The van der Waals surface area contributed by atoms with Gasteiger partial charge in [0.05, 0.1) is 6.61 Å². The summed E-state index contributed by atoms with van der Waals surface area (Å²) in [5.74, 6) is -0.253. The second-order valence-corrected chi connectivity index (χ2v) is 9.34. The van der Waals surface area contributed by atoms with Crippen LogP contribution in [0.1, 0.15) is 24.8 Å². The molecule has 2 unspecified atom stereocenters. The quantitative estimate of drug-likeness (QED) is 0.660. The van der Waals surface area contributed by atoms with Gasteiger partial charge in [-0.15, -0.1) is 0 Å². The van der Waals surface area contributed by atoms with Crippen molar-refractivity contribution < 1.29 is 18.3 Å². The van der Waals surface area contributed by atoms with E-state index in [9.17, 15) is 13.6 Å². The first-order valence-electron chi connectivity index (χ1n) is 12.2. The minimum absolute atomic E-state index is 0.213. The number of likely N-dealkylation sites (tertiary alicyclic amines) is 1. The number of hydrogen-bond donors (Lipinski definition) is 0. The lowest BCUT2D eigenvalue weighted by Gasteiger charge is -2.40. The molecule has 1 amide bonds. The maximum Gasteiger partial charge on any atom is 0.409 e. The SMILES string of the molecule is CCOC(=O)N1CCN(CCN2CCC3C(C2)c2cc(F)ccc2N3c2ccc(F)cc2)CC1. The van der Waals surface area contributed by atoms with Crippen molar-refractivity contribution in [2.45, 2.75) is 25.3 Å². The summed E-state index contributed by atoms with van der Waals surface area (Å²) in [4.78, 5) is 20.8. The standard InChI is InChI=1S/C26H32F2N4O2/c1-2-34-26(33)31-15-13-29(14-16-31)11-12-30-10-9-25-23(18-30)22-17-20(28)5-8-24(22)32(25)21-6-3-19(27)4-7-21/h3-8,17,23,25H,2,9-16,18H2,1H3. The molecule has 5 rings (SSSR count). The smallest absolute Gasteiger partial charge is 0.409 e. The van der Waals surface area contributed by atoms with Gasteiger partial charge >= 0.3 is 6.09 Å². The number of rotatable bonds is 5. The maximum atomic E-state index is 14.2. The first-order valence-corrected chi connectivity index (χ1v) is 12.2. The van der Waals surface area contributed by atoms with Crippen molar-refractivity contribution >= 4 is 17.5 Å². The normalized spacial score (nSPS) is 23.0. The van der Waals surface area contributed by atoms with Gasteiger partial charge in [0.25, 0.3) is 0 Å². The van der Waals surface area contributed by atoms with Crippen molar-refractivity contribution in [2.75, 3.05) is 63.9 Å². The van der Waals surface area contributed by atoms with E-state index in [2.05, 4.69) is 14.7 Å². The third-order valence-electron chi connectivity index (χ3n) is 7.38. The molecule has 2 aromatic rings.